The van der Waals surface area contributed by atoms with E-state index < -0.39 is 11.8 Å². The molecule has 0 spiro atoms. The first kappa shape index (κ1) is 21.1. The van der Waals surface area contributed by atoms with Gasteiger partial charge in [-0.05, 0) is 49.7 Å². The van der Waals surface area contributed by atoms with Gasteiger partial charge in [-0.2, -0.15) is 5.10 Å². The van der Waals surface area contributed by atoms with Crippen molar-refractivity contribution in [1.82, 2.24) is 15.1 Å². The van der Waals surface area contributed by atoms with Crippen molar-refractivity contribution >= 4 is 29.3 Å². The number of carbonyl (C=O) groups is 3. The molecule has 0 fully saturated rings. The van der Waals surface area contributed by atoms with Crippen molar-refractivity contribution in [1.29, 1.82) is 0 Å². The average Bonchev–Trinajstić information content (AvgIpc) is 3.00. The number of carbonyl (C=O) groups excluding carboxylic acids is 3. The first-order valence-electron chi connectivity index (χ1n) is 9.02. The number of primary amides is 2. The van der Waals surface area contributed by atoms with Crippen LogP contribution < -0.4 is 16.8 Å². The summed E-state index contributed by atoms with van der Waals surface area (Å²) in [6, 6.07) is 11.4. The molecule has 0 bridgehead atoms. The maximum absolute atomic E-state index is 12.8. The van der Waals surface area contributed by atoms with E-state index in [9.17, 15) is 14.4 Å². The van der Waals surface area contributed by atoms with Crippen molar-refractivity contribution in [2.45, 2.75) is 20.4 Å². The number of aryl methyl sites for hydroxylation is 1. The van der Waals surface area contributed by atoms with E-state index in [4.69, 9.17) is 23.1 Å². The molecule has 0 saturated carbocycles. The van der Waals surface area contributed by atoms with Crippen LogP contribution in [0.5, 0.6) is 0 Å². The highest BCUT2D eigenvalue weighted by Gasteiger charge is 2.20. The largest absolute Gasteiger partial charge is 0.366 e. The van der Waals surface area contributed by atoms with Gasteiger partial charge in [0.15, 0.2) is 0 Å². The third kappa shape index (κ3) is 4.18. The van der Waals surface area contributed by atoms with Gasteiger partial charge in [-0.25, -0.2) is 4.68 Å². The van der Waals surface area contributed by atoms with E-state index in [1.807, 2.05) is 0 Å². The summed E-state index contributed by atoms with van der Waals surface area (Å²) in [5.74, 6) is -1.41. The highest BCUT2D eigenvalue weighted by molar-refractivity contribution is 6.34. The van der Waals surface area contributed by atoms with E-state index in [0.717, 1.165) is 5.56 Å². The van der Waals surface area contributed by atoms with Gasteiger partial charge in [-0.1, -0.05) is 23.7 Å². The fourth-order valence-electron chi connectivity index (χ4n) is 3.12. The number of benzene rings is 2. The fraction of sp³-hybridized carbons (Fsp3) is 0.143. The molecular weight excluding hydrogens is 406 g/mol. The number of rotatable bonds is 6. The monoisotopic (exact) mass is 425 g/mol. The van der Waals surface area contributed by atoms with Gasteiger partial charge < -0.3 is 16.8 Å². The van der Waals surface area contributed by atoms with Crippen LogP contribution >= 0.6 is 11.6 Å². The minimum Gasteiger partial charge on any atom is -0.366 e. The Labute approximate surface area is 177 Å². The van der Waals surface area contributed by atoms with E-state index in [0.29, 0.717) is 28.2 Å². The smallest absolute Gasteiger partial charge is 0.255 e. The summed E-state index contributed by atoms with van der Waals surface area (Å²) >= 11 is 6.13. The van der Waals surface area contributed by atoms with Crippen LogP contribution in [-0.4, -0.2) is 27.5 Å². The molecule has 8 nitrogen and oxygen atoms in total. The molecule has 0 radical (unpaired) electrons. The number of hydrogen-bond donors (Lipinski definition) is 3. The van der Waals surface area contributed by atoms with Crippen molar-refractivity contribution in [3.8, 4) is 5.69 Å². The van der Waals surface area contributed by atoms with Gasteiger partial charge in [-0.15, -0.1) is 0 Å². The summed E-state index contributed by atoms with van der Waals surface area (Å²) in [5.41, 5.74) is 14.2. The third-order valence-electron chi connectivity index (χ3n) is 4.67. The number of hydrogen-bond acceptors (Lipinski definition) is 4. The lowest BCUT2D eigenvalue weighted by Crippen LogP contribution is -2.24. The molecule has 3 aromatic rings. The van der Waals surface area contributed by atoms with Gasteiger partial charge in [0, 0.05) is 12.1 Å². The third-order valence-corrected chi connectivity index (χ3v) is 4.99. The Hall–Kier alpha value is -3.65. The van der Waals surface area contributed by atoms with Gasteiger partial charge in [0.25, 0.3) is 5.91 Å². The zero-order valence-electron chi connectivity index (χ0n) is 16.4. The summed E-state index contributed by atoms with van der Waals surface area (Å²) < 4.78 is 1.59. The Bertz CT molecular complexity index is 1150. The Morgan fingerprint density at radius 1 is 1.03 bits per heavy atom. The Balaban J connectivity index is 1.81. The van der Waals surface area contributed by atoms with Crippen molar-refractivity contribution in [3.05, 3.63) is 81.1 Å². The molecule has 0 aliphatic rings. The highest BCUT2D eigenvalue weighted by Crippen LogP contribution is 2.23. The van der Waals surface area contributed by atoms with Crippen LogP contribution in [0.15, 0.2) is 42.5 Å². The zero-order chi connectivity index (χ0) is 22.0. The van der Waals surface area contributed by atoms with E-state index in [-0.39, 0.29) is 23.0 Å². The highest BCUT2D eigenvalue weighted by atomic mass is 35.5. The fourth-order valence-corrected chi connectivity index (χ4v) is 3.38. The van der Waals surface area contributed by atoms with E-state index in [1.54, 1.807) is 54.9 Å². The number of nitrogens with one attached hydrogen (secondary N) is 1. The maximum atomic E-state index is 12.8. The molecule has 1 aromatic heterocycles. The second kappa shape index (κ2) is 8.38. The SMILES string of the molecule is Cc1nn(-c2ccc(C(N)=O)c(Cl)c2)c(C)c1C(=O)NCc1ccc(C(N)=O)cc1. The lowest BCUT2D eigenvalue weighted by atomic mass is 10.1. The molecule has 30 heavy (non-hydrogen) atoms. The van der Waals surface area contributed by atoms with Gasteiger partial charge in [0.1, 0.15) is 0 Å². The molecule has 9 heteroatoms. The molecule has 3 rings (SSSR count). The lowest BCUT2D eigenvalue weighted by molar-refractivity contribution is 0.0947. The van der Waals surface area contributed by atoms with Crippen molar-refractivity contribution in [3.63, 3.8) is 0 Å². The van der Waals surface area contributed by atoms with E-state index >= 15 is 0 Å². The summed E-state index contributed by atoms with van der Waals surface area (Å²) in [7, 11) is 0. The normalized spacial score (nSPS) is 10.6. The predicted molar refractivity (Wildman–Crippen MR) is 113 cm³/mol. The minimum absolute atomic E-state index is 0.206. The number of amides is 3. The molecule has 1 heterocycles. The van der Waals surface area contributed by atoms with Gasteiger partial charge in [0.05, 0.1) is 33.2 Å². The van der Waals surface area contributed by atoms with Crippen LogP contribution in [0.4, 0.5) is 0 Å². The van der Waals surface area contributed by atoms with Crippen LogP contribution in [0, 0.1) is 13.8 Å². The van der Waals surface area contributed by atoms with Crippen molar-refractivity contribution in [2.24, 2.45) is 11.5 Å². The van der Waals surface area contributed by atoms with Gasteiger partial charge in [-0.3, -0.25) is 14.4 Å². The first-order chi connectivity index (χ1) is 14.2. The minimum atomic E-state index is -0.621. The molecule has 154 valence electrons. The molecule has 2 aromatic carbocycles. The predicted octanol–water partition coefficient (Wildman–Crippen LogP) is 2.27. The van der Waals surface area contributed by atoms with Crippen LogP contribution in [-0.2, 0) is 6.54 Å². The average molecular weight is 426 g/mol. The molecule has 0 saturated heterocycles. The molecule has 0 aliphatic heterocycles. The van der Waals surface area contributed by atoms with Crippen molar-refractivity contribution < 1.29 is 14.4 Å². The Morgan fingerprint density at radius 3 is 2.27 bits per heavy atom. The molecule has 0 aliphatic carbocycles. The molecular formula is C21H20ClN5O3. The van der Waals surface area contributed by atoms with Crippen LogP contribution in [0.2, 0.25) is 5.02 Å². The topological polar surface area (TPSA) is 133 Å². The summed E-state index contributed by atoms with van der Waals surface area (Å²) in [6.07, 6.45) is 0. The van der Waals surface area contributed by atoms with E-state index in [2.05, 4.69) is 10.4 Å². The molecule has 0 unspecified atom stereocenters. The Morgan fingerprint density at radius 2 is 1.70 bits per heavy atom. The molecule has 3 amide bonds. The zero-order valence-corrected chi connectivity index (χ0v) is 17.2. The number of aromatic nitrogens is 2. The number of nitrogens with two attached hydrogens (primary N) is 2. The second-order valence-corrected chi connectivity index (χ2v) is 7.14. The van der Waals surface area contributed by atoms with Gasteiger partial charge in [0.2, 0.25) is 11.8 Å². The number of nitrogens with zero attached hydrogens (tertiary/aromatic N) is 2. The summed E-state index contributed by atoms with van der Waals surface area (Å²) in [6.45, 7) is 3.78. The number of halogens is 1. The molecule has 5 N–H and O–H groups in total. The quantitative estimate of drug-likeness (QED) is 0.558. The molecule has 0 atom stereocenters. The van der Waals surface area contributed by atoms with E-state index in [1.165, 1.54) is 6.07 Å². The van der Waals surface area contributed by atoms with Crippen LogP contribution in [0.1, 0.15) is 48.0 Å². The maximum Gasteiger partial charge on any atom is 0.255 e. The van der Waals surface area contributed by atoms with Crippen LogP contribution in [0.3, 0.4) is 0 Å². The van der Waals surface area contributed by atoms with Crippen molar-refractivity contribution in [2.75, 3.05) is 0 Å². The summed E-state index contributed by atoms with van der Waals surface area (Å²) in [5, 5.41) is 7.49. The lowest BCUT2D eigenvalue weighted by Gasteiger charge is -2.09. The second-order valence-electron chi connectivity index (χ2n) is 6.73. The first-order valence-corrected chi connectivity index (χ1v) is 9.39. The Kier molecular flexibility index (Phi) is 5.89. The standard InChI is InChI=1S/C21H20ClN5O3/c1-11-18(21(30)25-10-13-3-5-14(6-4-13)19(23)28)12(2)27(26-11)15-7-8-16(20(24)29)17(22)9-15/h3-9H,10H2,1-2H3,(H2,23,28)(H2,24,29)(H,25,30). The van der Waals surface area contributed by atoms with Crippen LogP contribution in [0.25, 0.3) is 5.69 Å². The summed E-state index contributed by atoms with van der Waals surface area (Å²) in [4.78, 5) is 35.3. The van der Waals surface area contributed by atoms with Gasteiger partial charge >= 0.3 is 0 Å².